The number of aromatic nitrogens is 3. The molecule has 21 heavy (non-hydrogen) atoms. The SMILES string of the molecule is O=C(c1ccccn1)N1CC(c2nc3ccccc3[nH]2)C1. The van der Waals surface area contributed by atoms with Gasteiger partial charge in [0, 0.05) is 19.3 Å². The molecule has 2 aromatic heterocycles. The molecule has 5 heteroatoms. The number of hydrogen-bond acceptors (Lipinski definition) is 3. The molecular weight excluding hydrogens is 264 g/mol. The van der Waals surface area contributed by atoms with Crippen LogP contribution in [0.5, 0.6) is 0 Å². The molecule has 0 saturated carbocycles. The van der Waals surface area contributed by atoms with E-state index in [-0.39, 0.29) is 11.8 Å². The first-order valence-corrected chi connectivity index (χ1v) is 6.96. The molecule has 5 nitrogen and oxygen atoms in total. The number of H-pyrrole nitrogens is 1. The van der Waals surface area contributed by atoms with E-state index in [2.05, 4.69) is 15.0 Å². The highest BCUT2D eigenvalue weighted by Crippen LogP contribution is 2.27. The number of amides is 1. The molecule has 0 aliphatic carbocycles. The van der Waals surface area contributed by atoms with Crippen molar-refractivity contribution in [2.24, 2.45) is 0 Å². The Morgan fingerprint density at radius 2 is 1.95 bits per heavy atom. The minimum absolute atomic E-state index is 0.0111. The van der Waals surface area contributed by atoms with Gasteiger partial charge < -0.3 is 9.88 Å². The molecule has 1 N–H and O–H groups in total. The highest BCUT2D eigenvalue weighted by molar-refractivity contribution is 5.93. The van der Waals surface area contributed by atoms with Crippen molar-refractivity contribution in [3.8, 4) is 0 Å². The Labute approximate surface area is 121 Å². The predicted octanol–water partition coefficient (Wildman–Crippen LogP) is 2.20. The number of pyridine rings is 1. The van der Waals surface area contributed by atoms with Crippen LogP contribution in [0.25, 0.3) is 11.0 Å². The minimum Gasteiger partial charge on any atom is -0.342 e. The summed E-state index contributed by atoms with van der Waals surface area (Å²) in [5.41, 5.74) is 2.52. The first-order valence-electron chi connectivity index (χ1n) is 6.96. The van der Waals surface area contributed by atoms with Crippen molar-refractivity contribution in [1.82, 2.24) is 19.9 Å². The molecule has 104 valence electrons. The summed E-state index contributed by atoms with van der Waals surface area (Å²) in [5.74, 6) is 1.23. The van der Waals surface area contributed by atoms with Crippen molar-refractivity contribution in [2.75, 3.05) is 13.1 Å². The van der Waals surface area contributed by atoms with Crippen LogP contribution in [0.15, 0.2) is 48.7 Å². The maximum absolute atomic E-state index is 12.2. The summed E-state index contributed by atoms with van der Waals surface area (Å²) >= 11 is 0. The number of hydrogen-bond donors (Lipinski definition) is 1. The molecule has 1 fully saturated rings. The summed E-state index contributed by atoms with van der Waals surface area (Å²) in [5, 5.41) is 0. The molecule has 0 spiro atoms. The molecule has 1 aromatic carbocycles. The lowest BCUT2D eigenvalue weighted by molar-refractivity contribution is 0.0589. The second-order valence-electron chi connectivity index (χ2n) is 5.26. The third kappa shape index (κ3) is 2.07. The maximum atomic E-state index is 12.2. The highest BCUT2D eigenvalue weighted by Gasteiger charge is 2.34. The van der Waals surface area contributed by atoms with Gasteiger partial charge >= 0.3 is 0 Å². The summed E-state index contributed by atoms with van der Waals surface area (Å²) in [4.78, 5) is 26.0. The van der Waals surface area contributed by atoms with E-state index in [0.29, 0.717) is 18.8 Å². The van der Waals surface area contributed by atoms with E-state index < -0.39 is 0 Å². The van der Waals surface area contributed by atoms with E-state index >= 15 is 0 Å². The average Bonchev–Trinajstić information content (AvgIpc) is 2.90. The van der Waals surface area contributed by atoms with Gasteiger partial charge in [-0.1, -0.05) is 18.2 Å². The number of benzene rings is 1. The number of nitrogens with zero attached hydrogens (tertiary/aromatic N) is 3. The van der Waals surface area contributed by atoms with E-state index in [1.807, 2.05) is 36.4 Å². The number of imidazole rings is 1. The van der Waals surface area contributed by atoms with Crippen LogP contribution in [0.4, 0.5) is 0 Å². The van der Waals surface area contributed by atoms with Gasteiger partial charge in [0.15, 0.2) is 0 Å². The zero-order valence-electron chi connectivity index (χ0n) is 11.4. The molecule has 4 rings (SSSR count). The Bertz CT molecular complexity index is 757. The van der Waals surface area contributed by atoms with Crippen LogP contribution in [0.1, 0.15) is 22.2 Å². The van der Waals surface area contributed by atoms with E-state index in [0.717, 1.165) is 16.9 Å². The van der Waals surface area contributed by atoms with Gasteiger partial charge in [-0.25, -0.2) is 4.98 Å². The fourth-order valence-electron chi connectivity index (χ4n) is 2.63. The van der Waals surface area contributed by atoms with Crippen LogP contribution in [0, 0.1) is 0 Å². The normalized spacial score (nSPS) is 15.1. The van der Waals surface area contributed by atoms with E-state index in [1.54, 1.807) is 17.2 Å². The summed E-state index contributed by atoms with van der Waals surface area (Å²) in [7, 11) is 0. The Morgan fingerprint density at radius 1 is 1.14 bits per heavy atom. The maximum Gasteiger partial charge on any atom is 0.272 e. The van der Waals surface area contributed by atoms with Crippen LogP contribution < -0.4 is 0 Å². The molecule has 1 aliphatic rings. The second-order valence-corrected chi connectivity index (χ2v) is 5.26. The molecule has 0 unspecified atom stereocenters. The van der Waals surface area contributed by atoms with Gasteiger partial charge in [-0.15, -0.1) is 0 Å². The largest absolute Gasteiger partial charge is 0.342 e. The quantitative estimate of drug-likeness (QED) is 0.781. The predicted molar refractivity (Wildman–Crippen MR) is 79.0 cm³/mol. The Hall–Kier alpha value is -2.69. The lowest BCUT2D eigenvalue weighted by atomic mass is 9.99. The molecular formula is C16H14N4O. The van der Waals surface area contributed by atoms with Gasteiger partial charge in [0.25, 0.3) is 5.91 Å². The van der Waals surface area contributed by atoms with E-state index in [4.69, 9.17) is 0 Å². The summed E-state index contributed by atoms with van der Waals surface area (Å²) in [6.07, 6.45) is 1.64. The highest BCUT2D eigenvalue weighted by atomic mass is 16.2. The van der Waals surface area contributed by atoms with E-state index in [1.165, 1.54) is 0 Å². The van der Waals surface area contributed by atoms with Gasteiger partial charge in [0.05, 0.1) is 17.0 Å². The third-order valence-electron chi connectivity index (χ3n) is 3.85. The smallest absolute Gasteiger partial charge is 0.272 e. The van der Waals surface area contributed by atoms with Gasteiger partial charge in [-0.2, -0.15) is 0 Å². The molecule has 0 radical (unpaired) electrons. The standard InChI is InChI=1S/C16H14N4O/c21-16(14-7-3-4-8-17-14)20-9-11(10-20)15-18-12-5-1-2-6-13(12)19-15/h1-8,11H,9-10H2,(H,18,19). The van der Waals surface area contributed by atoms with E-state index in [9.17, 15) is 4.79 Å². The number of carbonyl (C=O) groups is 1. The second kappa shape index (κ2) is 4.70. The summed E-state index contributed by atoms with van der Waals surface area (Å²) in [6.45, 7) is 1.38. The first-order chi connectivity index (χ1) is 10.3. The fourth-order valence-corrected chi connectivity index (χ4v) is 2.63. The van der Waals surface area contributed by atoms with Gasteiger partial charge in [-0.3, -0.25) is 9.78 Å². The van der Waals surface area contributed by atoms with Crippen LogP contribution in [-0.2, 0) is 0 Å². The first kappa shape index (κ1) is 12.1. The molecule has 1 saturated heterocycles. The Morgan fingerprint density at radius 3 is 2.71 bits per heavy atom. The number of fused-ring (bicyclic) bond motifs is 1. The average molecular weight is 278 g/mol. The van der Waals surface area contributed by atoms with Crippen molar-refractivity contribution < 1.29 is 4.79 Å². The number of likely N-dealkylation sites (tertiary alicyclic amines) is 1. The lowest BCUT2D eigenvalue weighted by Crippen LogP contribution is -2.49. The van der Waals surface area contributed by atoms with Crippen molar-refractivity contribution in [1.29, 1.82) is 0 Å². The van der Waals surface area contributed by atoms with Crippen LogP contribution >= 0.6 is 0 Å². The summed E-state index contributed by atoms with van der Waals surface area (Å²) in [6, 6.07) is 13.4. The molecule has 0 bridgehead atoms. The molecule has 0 atom stereocenters. The number of carbonyl (C=O) groups excluding carboxylic acids is 1. The monoisotopic (exact) mass is 278 g/mol. The molecule has 1 aliphatic heterocycles. The Balaban J connectivity index is 1.48. The van der Waals surface area contributed by atoms with Gasteiger partial charge in [0.2, 0.25) is 0 Å². The Kier molecular flexibility index (Phi) is 2.70. The van der Waals surface area contributed by atoms with Crippen LogP contribution in [0.2, 0.25) is 0 Å². The molecule has 1 amide bonds. The number of para-hydroxylation sites is 2. The topological polar surface area (TPSA) is 61.9 Å². The number of nitrogens with one attached hydrogen (secondary N) is 1. The lowest BCUT2D eigenvalue weighted by Gasteiger charge is -2.37. The van der Waals surface area contributed by atoms with Crippen molar-refractivity contribution in [3.63, 3.8) is 0 Å². The third-order valence-corrected chi connectivity index (χ3v) is 3.85. The van der Waals surface area contributed by atoms with Crippen LogP contribution in [0.3, 0.4) is 0 Å². The van der Waals surface area contributed by atoms with Crippen molar-refractivity contribution in [3.05, 3.63) is 60.2 Å². The molecule has 3 heterocycles. The molecule has 3 aromatic rings. The zero-order chi connectivity index (χ0) is 14.2. The zero-order valence-corrected chi connectivity index (χ0v) is 11.4. The van der Waals surface area contributed by atoms with Crippen molar-refractivity contribution in [2.45, 2.75) is 5.92 Å². The number of aromatic amines is 1. The van der Waals surface area contributed by atoms with Crippen molar-refractivity contribution >= 4 is 16.9 Å². The van der Waals surface area contributed by atoms with Gasteiger partial charge in [0.1, 0.15) is 11.5 Å². The van der Waals surface area contributed by atoms with Crippen LogP contribution in [-0.4, -0.2) is 38.8 Å². The summed E-state index contributed by atoms with van der Waals surface area (Å²) < 4.78 is 0. The minimum atomic E-state index is -0.0111. The number of rotatable bonds is 2. The fraction of sp³-hybridized carbons (Fsp3) is 0.188. The van der Waals surface area contributed by atoms with Gasteiger partial charge in [-0.05, 0) is 24.3 Å².